The maximum atomic E-state index is 11.9. The zero-order valence-electron chi connectivity index (χ0n) is 18.1. The van der Waals surface area contributed by atoms with Crippen LogP contribution in [0.25, 0.3) is 0 Å². The predicted octanol–water partition coefficient (Wildman–Crippen LogP) is 2.11. The first-order chi connectivity index (χ1) is 14.6. The first-order valence-corrected chi connectivity index (χ1v) is 11.6. The number of aliphatic hydroxyl groups is 1. The van der Waals surface area contributed by atoms with Gasteiger partial charge in [0.2, 0.25) is 0 Å². The molecule has 6 heteroatoms. The van der Waals surface area contributed by atoms with Crippen molar-refractivity contribution in [2.75, 3.05) is 39.8 Å². The minimum Gasteiger partial charge on any atom is -0.465 e. The lowest BCUT2D eigenvalue weighted by Crippen LogP contribution is -2.79. The maximum Gasteiger partial charge on any atom is 0.337 e. The van der Waals surface area contributed by atoms with Gasteiger partial charge in [0.15, 0.2) is 0 Å². The lowest BCUT2D eigenvalue weighted by molar-refractivity contribution is -0.131. The minimum absolute atomic E-state index is 0.178. The van der Waals surface area contributed by atoms with E-state index in [4.69, 9.17) is 4.74 Å². The van der Waals surface area contributed by atoms with E-state index < -0.39 is 0 Å². The van der Waals surface area contributed by atoms with Crippen molar-refractivity contribution in [3.63, 3.8) is 0 Å². The molecular weight excluding hydrogens is 378 g/mol. The van der Waals surface area contributed by atoms with E-state index in [2.05, 4.69) is 20.8 Å². The average molecular weight is 414 g/mol. The quantitative estimate of drug-likeness (QED) is 0.763. The Kier molecular flexibility index (Phi) is 5.60. The molecule has 30 heavy (non-hydrogen) atoms. The molecule has 1 aliphatic carbocycles. The summed E-state index contributed by atoms with van der Waals surface area (Å²) < 4.78 is 4.89. The third kappa shape index (κ3) is 3.79. The highest BCUT2D eigenvalue weighted by Gasteiger charge is 2.56. The molecule has 1 aromatic carbocycles. The molecule has 0 radical (unpaired) electrons. The van der Waals surface area contributed by atoms with Gasteiger partial charge < -0.3 is 9.84 Å². The summed E-state index contributed by atoms with van der Waals surface area (Å²) in [6.45, 7) is 5.98. The number of rotatable bonds is 4. The lowest BCUT2D eigenvalue weighted by Gasteiger charge is -2.63. The van der Waals surface area contributed by atoms with Crippen LogP contribution in [0.1, 0.15) is 54.4 Å². The molecule has 0 aromatic heterocycles. The topological polar surface area (TPSA) is 56.2 Å². The van der Waals surface area contributed by atoms with E-state index in [1.54, 1.807) is 0 Å². The Morgan fingerprint density at radius 1 is 1.13 bits per heavy atom. The number of β-amino-alcohol motifs (C(OH)–C–C–N with tert-alkyl or cyclic N) is 1. The maximum absolute atomic E-state index is 11.9. The van der Waals surface area contributed by atoms with E-state index in [9.17, 15) is 9.90 Å². The number of hydrogen-bond acceptors (Lipinski definition) is 6. The summed E-state index contributed by atoms with van der Waals surface area (Å²) >= 11 is 0. The van der Waals surface area contributed by atoms with Crippen LogP contribution in [-0.2, 0) is 11.3 Å². The number of nitrogens with zero attached hydrogens (tertiary/aromatic N) is 3. The van der Waals surface area contributed by atoms with Crippen LogP contribution in [0.5, 0.6) is 0 Å². The minimum atomic E-state index is -0.279. The van der Waals surface area contributed by atoms with E-state index >= 15 is 0 Å². The van der Waals surface area contributed by atoms with E-state index in [1.807, 2.05) is 18.2 Å². The van der Waals surface area contributed by atoms with E-state index in [0.717, 1.165) is 57.3 Å². The molecule has 2 atom stereocenters. The van der Waals surface area contributed by atoms with Crippen molar-refractivity contribution in [1.82, 2.24) is 14.7 Å². The van der Waals surface area contributed by atoms with E-state index in [1.165, 1.54) is 39.2 Å². The molecule has 5 rings (SSSR count). The Morgan fingerprint density at radius 2 is 1.93 bits per heavy atom. The van der Waals surface area contributed by atoms with Crippen molar-refractivity contribution in [1.29, 1.82) is 0 Å². The third-order valence-electron chi connectivity index (χ3n) is 7.83. The summed E-state index contributed by atoms with van der Waals surface area (Å²) in [5.41, 5.74) is 1.95. The zero-order chi connectivity index (χ0) is 20.7. The molecule has 0 bridgehead atoms. The Hall–Kier alpha value is -1.47. The van der Waals surface area contributed by atoms with Gasteiger partial charge in [0.25, 0.3) is 0 Å². The summed E-state index contributed by atoms with van der Waals surface area (Å²) in [4.78, 5) is 19.8. The van der Waals surface area contributed by atoms with Crippen LogP contribution in [0.4, 0.5) is 0 Å². The van der Waals surface area contributed by atoms with Crippen LogP contribution >= 0.6 is 0 Å². The highest BCUT2D eigenvalue weighted by Crippen LogP contribution is 2.41. The Balaban J connectivity index is 1.30. The fraction of sp³-hybridized carbons (Fsp3) is 0.708. The molecule has 164 valence electrons. The summed E-state index contributed by atoms with van der Waals surface area (Å²) in [7, 11) is 1.43. The van der Waals surface area contributed by atoms with Gasteiger partial charge in [0.05, 0.1) is 24.3 Å². The number of hydrogen-bond donors (Lipinski definition) is 1. The largest absolute Gasteiger partial charge is 0.465 e. The molecular formula is C24H35N3O3. The second kappa shape index (κ2) is 8.23. The number of benzene rings is 1. The number of aliphatic hydroxyl groups excluding tert-OH is 1. The number of carbonyl (C=O) groups is 1. The molecule has 3 heterocycles. The van der Waals surface area contributed by atoms with Crippen molar-refractivity contribution in [3.8, 4) is 0 Å². The van der Waals surface area contributed by atoms with Gasteiger partial charge in [-0.25, -0.2) is 4.79 Å². The van der Waals surface area contributed by atoms with Crippen molar-refractivity contribution >= 4 is 5.97 Å². The van der Waals surface area contributed by atoms with Crippen LogP contribution in [0.3, 0.4) is 0 Å². The summed E-state index contributed by atoms with van der Waals surface area (Å²) in [6.07, 6.45) is 7.54. The Bertz CT molecular complexity index is 773. The van der Waals surface area contributed by atoms with Crippen LogP contribution in [0.15, 0.2) is 24.3 Å². The number of fused-ring (bicyclic) bond motifs is 2. The number of carbonyl (C=O) groups excluding carboxylic acids is 1. The number of esters is 1. The van der Waals surface area contributed by atoms with Gasteiger partial charge in [-0.1, -0.05) is 31.4 Å². The molecule has 0 amide bonds. The first kappa shape index (κ1) is 20.4. The van der Waals surface area contributed by atoms with Gasteiger partial charge in [0, 0.05) is 51.4 Å². The number of piperazine rings is 1. The molecule has 1 saturated carbocycles. The smallest absolute Gasteiger partial charge is 0.337 e. The molecule has 4 aliphatic rings. The van der Waals surface area contributed by atoms with Crippen LogP contribution in [-0.4, -0.2) is 89.3 Å². The van der Waals surface area contributed by atoms with Gasteiger partial charge in [0.1, 0.15) is 0 Å². The average Bonchev–Trinajstić information content (AvgIpc) is 3.12. The van der Waals surface area contributed by atoms with Gasteiger partial charge in [-0.2, -0.15) is 0 Å². The third-order valence-corrected chi connectivity index (χ3v) is 7.83. The molecule has 1 spiro atoms. The first-order valence-electron chi connectivity index (χ1n) is 11.6. The molecule has 1 N–H and O–H groups in total. The normalized spacial score (nSPS) is 30.2. The van der Waals surface area contributed by atoms with Crippen LogP contribution in [0, 0.1) is 0 Å². The molecule has 3 aliphatic heterocycles. The zero-order valence-corrected chi connectivity index (χ0v) is 18.1. The van der Waals surface area contributed by atoms with Crippen molar-refractivity contribution in [3.05, 3.63) is 35.4 Å². The van der Waals surface area contributed by atoms with Gasteiger partial charge in [-0.15, -0.1) is 0 Å². The Morgan fingerprint density at radius 3 is 2.70 bits per heavy atom. The monoisotopic (exact) mass is 413 g/mol. The van der Waals surface area contributed by atoms with Gasteiger partial charge >= 0.3 is 5.97 Å². The van der Waals surface area contributed by atoms with Crippen molar-refractivity contribution in [2.24, 2.45) is 0 Å². The van der Waals surface area contributed by atoms with Crippen LogP contribution < -0.4 is 0 Å². The fourth-order valence-corrected chi connectivity index (χ4v) is 6.50. The second-order valence-corrected chi connectivity index (χ2v) is 9.98. The van der Waals surface area contributed by atoms with Crippen molar-refractivity contribution in [2.45, 2.75) is 68.8 Å². The molecule has 1 aromatic rings. The van der Waals surface area contributed by atoms with Gasteiger partial charge in [-0.3, -0.25) is 14.7 Å². The van der Waals surface area contributed by atoms with Crippen LogP contribution in [0.2, 0.25) is 0 Å². The van der Waals surface area contributed by atoms with E-state index in [0.29, 0.717) is 11.6 Å². The van der Waals surface area contributed by atoms with E-state index in [-0.39, 0.29) is 17.6 Å². The lowest BCUT2D eigenvalue weighted by atomic mass is 9.80. The summed E-state index contributed by atoms with van der Waals surface area (Å²) in [5.74, 6) is -0.279. The van der Waals surface area contributed by atoms with Crippen molar-refractivity contribution < 1.29 is 14.6 Å². The highest BCUT2D eigenvalue weighted by molar-refractivity contribution is 5.89. The SMILES string of the molecule is COC(=O)c1cccc(CN2C[C@@H]3C[C@@H](O)CN3C3(C2)CN(C2CCCCC2)C3)c1. The van der Waals surface area contributed by atoms with Gasteiger partial charge in [-0.05, 0) is 37.0 Å². The fourth-order valence-electron chi connectivity index (χ4n) is 6.50. The Labute approximate surface area is 179 Å². The molecule has 0 unspecified atom stereocenters. The molecule has 6 nitrogen and oxygen atoms in total. The molecule has 4 fully saturated rings. The molecule has 3 saturated heterocycles. The number of ether oxygens (including phenoxy) is 1. The second-order valence-electron chi connectivity index (χ2n) is 9.98. The number of methoxy groups -OCH3 is 1. The predicted molar refractivity (Wildman–Crippen MR) is 115 cm³/mol. The highest BCUT2D eigenvalue weighted by atomic mass is 16.5. The summed E-state index contributed by atoms with van der Waals surface area (Å²) in [6, 6.07) is 9.03. The summed E-state index contributed by atoms with van der Waals surface area (Å²) in [5, 5.41) is 10.4. The number of likely N-dealkylation sites (tertiary alicyclic amines) is 1. The standard InChI is InChI=1S/C24H35N3O3/c1-30-23(29)19-7-5-6-18(10-19)12-25-13-21-11-22(28)14-27(21)24(15-25)16-26(17-24)20-8-3-2-4-9-20/h5-7,10,20-22,28H,2-4,8-9,11-17H2,1H3/t21-,22+/m0/s1.